The lowest BCUT2D eigenvalue weighted by Crippen LogP contribution is -2.32. The van der Waals surface area contributed by atoms with Crippen molar-refractivity contribution in [2.75, 3.05) is 25.6 Å². The molecule has 0 saturated carbocycles. The summed E-state index contributed by atoms with van der Waals surface area (Å²) < 4.78 is 10.4. The number of thiocarbonyl (C=S) groups is 1. The number of anilines is 1. The van der Waals surface area contributed by atoms with E-state index in [-0.39, 0.29) is 10.8 Å². The van der Waals surface area contributed by atoms with Crippen LogP contribution in [0.1, 0.15) is 5.56 Å². The van der Waals surface area contributed by atoms with Crippen LogP contribution in [-0.4, -0.2) is 36.3 Å². The van der Waals surface area contributed by atoms with E-state index in [2.05, 4.69) is 10.6 Å². The Hall–Kier alpha value is -3.30. The minimum absolute atomic E-state index is 0.0119. The van der Waals surface area contributed by atoms with Crippen molar-refractivity contribution in [1.82, 2.24) is 5.32 Å². The van der Waals surface area contributed by atoms with Crippen LogP contribution >= 0.6 is 12.2 Å². The molecule has 1 amide bonds. The molecular formula is C19H19N3O5S. The van der Waals surface area contributed by atoms with E-state index in [1.165, 1.54) is 24.3 Å². The van der Waals surface area contributed by atoms with E-state index >= 15 is 0 Å². The molecule has 0 aliphatic carbocycles. The number of carbonyl (C=O) groups is 1. The number of nitrogens with zero attached hydrogens (tertiary/aromatic N) is 1. The minimum atomic E-state index is -0.484. The number of nitro groups is 1. The summed E-state index contributed by atoms with van der Waals surface area (Å²) >= 11 is 5.11. The Morgan fingerprint density at radius 3 is 2.43 bits per heavy atom. The van der Waals surface area contributed by atoms with Gasteiger partial charge < -0.3 is 14.8 Å². The standard InChI is InChI=1S/C19H19N3O5S/c1-26-12-13-27-17-9-5-15(6-10-17)20-19(28)21-18(23)11-4-14-2-7-16(8-3-14)22(24)25/h2-11H,12-13H2,1H3,(H2,20,21,23,28)/b11-4+. The maximum absolute atomic E-state index is 11.9. The van der Waals surface area contributed by atoms with E-state index in [0.29, 0.717) is 30.2 Å². The molecule has 2 N–H and O–H groups in total. The molecule has 9 heteroatoms. The Balaban J connectivity index is 1.81. The number of rotatable bonds is 8. The second-order valence-corrected chi connectivity index (χ2v) is 5.90. The third kappa shape index (κ3) is 7.14. The van der Waals surface area contributed by atoms with E-state index < -0.39 is 10.8 Å². The number of non-ortho nitro benzene ring substituents is 1. The molecule has 0 unspecified atom stereocenters. The van der Waals surface area contributed by atoms with Gasteiger partial charge in [-0.2, -0.15) is 0 Å². The molecular weight excluding hydrogens is 382 g/mol. The first kappa shape index (κ1) is 21.0. The van der Waals surface area contributed by atoms with Crippen LogP contribution in [0, 0.1) is 10.1 Å². The van der Waals surface area contributed by atoms with Gasteiger partial charge in [0, 0.05) is 31.0 Å². The summed E-state index contributed by atoms with van der Waals surface area (Å²) in [5, 5.41) is 16.2. The van der Waals surface area contributed by atoms with Crippen LogP contribution in [0.4, 0.5) is 11.4 Å². The van der Waals surface area contributed by atoms with Gasteiger partial charge in [-0.05, 0) is 60.3 Å². The van der Waals surface area contributed by atoms with Gasteiger partial charge in [-0.3, -0.25) is 20.2 Å². The predicted molar refractivity (Wildman–Crippen MR) is 110 cm³/mol. The van der Waals surface area contributed by atoms with Crippen LogP contribution in [0.2, 0.25) is 0 Å². The summed E-state index contributed by atoms with van der Waals surface area (Å²) in [7, 11) is 1.60. The van der Waals surface area contributed by atoms with Crippen molar-refractivity contribution < 1.29 is 19.2 Å². The van der Waals surface area contributed by atoms with Gasteiger partial charge in [-0.1, -0.05) is 0 Å². The molecule has 0 radical (unpaired) electrons. The number of nitro benzene ring substituents is 1. The third-order valence-corrected chi connectivity index (χ3v) is 3.64. The molecule has 0 bridgehead atoms. The Kier molecular flexibility index (Phi) is 8.07. The van der Waals surface area contributed by atoms with Crippen molar-refractivity contribution >= 4 is 40.7 Å². The Labute approximate surface area is 167 Å². The Morgan fingerprint density at radius 1 is 1.14 bits per heavy atom. The number of hydrogen-bond donors (Lipinski definition) is 2. The van der Waals surface area contributed by atoms with E-state index in [0.717, 1.165) is 0 Å². The molecule has 0 fully saturated rings. The van der Waals surface area contributed by atoms with Crippen LogP contribution in [0.5, 0.6) is 5.75 Å². The topological polar surface area (TPSA) is 103 Å². The highest BCUT2D eigenvalue weighted by Gasteiger charge is 2.04. The average molecular weight is 401 g/mol. The first-order chi connectivity index (χ1) is 13.5. The monoisotopic (exact) mass is 401 g/mol. The Bertz CT molecular complexity index is 851. The van der Waals surface area contributed by atoms with Crippen LogP contribution < -0.4 is 15.4 Å². The minimum Gasteiger partial charge on any atom is -0.491 e. The maximum atomic E-state index is 11.9. The fourth-order valence-electron chi connectivity index (χ4n) is 2.07. The fraction of sp³-hybridized carbons (Fsp3) is 0.158. The van der Waals surface area contributed by atoms with Crippen molar-refractivity contribution in [2.24, 2.45) is 0 Å². The zero-order valence-electron chi connectivity index (χ0n) is 15.1. The van der Waals surface area contributed by atoms with Gasteiger partial charge in [0.2, 0.25) is 5.91 Å². The van der Waals surface area contributed by atoms with Gasteiger partial charge in [-0.25, -0.2) is 0 Å². The van der Waals surface area contributed by atoms with Gasteiger partial charge in [0.15, 0.2) is 5.11 Å². The third-order valence-electron chi connectivity index (χ3n) is 3.44. The van der Waals surface area contributed by atoms with Crippen molar-refractivity contribution in [2.45, 2.75) is 0 Å². The van der Waals surface area contributed by atoms with Crippen molar-refractivity contribution in [1.29, 1.82) is 0 Å². The van der Waals surface area contributed by atoms with E-state index in [1.54, 1.807) is 43.5 Å². The summed E-state index contributed by atoms with van der Waals surface area (Å²) in [6.07, 6.45) is 2.83. The van der Waals surface area contributed by atoms with Crippen molar-refractivity contribution in [3.8, 4) is 5.75 Å². The predicted octanol–water partition coefficient (Wildman–Crippen LogP) is 3.15. The number of methoxy groups -OCH3 is 1. The average Bonchev–Trinajstić information content (AvgIpc) is 2.68. The molecule has 0 aliphatic heterocycles. The largest absolute Gasteiger partial charge is 0.491 e. The quantitative estimate of drug-likeness (QED) is 0.230. The van der Waals surface area contributed by atoms with Gasteiger partial charge in [0.1, 0.15) is 12.4 Å². The van der Waals surface area contributed by atoms with Gasteiger partial charge in [-0.15, -0.1) is 0 Å². The number of nitrogens with one attached hydrogen (secondary N) is 2. The molecule has 0 aromatic heterocycles. The van der Waals surface area contributed by atoms with E-state index in [1.807, 2.05) is 0 Å². The number of ether oxygens (including phenoxy) is 2. The first-order valence-corrected chi connectivity index (χ1v) is 8.65. The fourth-order valence-corrected chi connectivity index (χ4v) is 2.29. The van der Waals surface area contributed by atoms with Crippen molar-refractivity contribution in [3.63, 3.8) is 0 Å². The normalized spacial score (nSPS) is 10.5. The number of amides is 1. The smallest absolute Gasteiger partial charge is 0.269 e. The van der Waals surface area contributed by atoms with Crippen LogP contribution in [0.3, 0.4) is 0 Å². The Morgan fingerprint density at radius 2 is 1.82 bits per heavy atom. The number of benzene rings is 2. The van der Waals surface area contributed by atoms with E-state index in [4.69, 9.17) is 21.7 Å². The molecule has 0 heterocycles. The van der Waals surface area contributed by atoms with Gasteiger partial charge >= 0.3 is 0 Å². The molecule has 2 rings (SSSR count). The molecule has 28 heavy (non-hydrogen) atoms. The molecule has 8 nitrogen and oxygen atoms in total. The summed E-state index contributed by atoms with van der Waals surface area (Å²) in [5.41, 5.74) is 1.34. The number of carbonyl (C=O) groups excluding carboxylic acids is 1. The summed E-state index contributed by atoms with van der Waals surface area (Å²) in [5.74, 6) is 0.277. The summed E-state index contributed by atoms with van der Waals surface area (Å²) in [4.78, 5) is 22.1. The highest BCUT2D eigenvalue weighted by molar-refractivity contribution is 7.80. The lowest BCUT2D eigenvalue weighted by Gasteiger charge is -2.09. The second-order valence-electron chi connectivity index (χ2n) is 5.49. The molecule has 2 aromatic carbocycles. The lowest BCUT2D eigenvalue weighted by molar-refractivity contribution is -0.384. The second kappa shape index (κ2) is 10.8. The van der Waals surface area contributed by atoms with Crippen LogP contribution in [-0.2, 0) is 9.53 Å². The molecule has 2 aromatic rings. The first-order valence-electron chi connectivity index (χ1n) is 8.24. The van der Waals surface area contributed by atoms with Gasteiger partial charge in [0.25, 0.3) is 5.69 Å². The zero-order chi connectivity index (χ0) is 20.4. The lowest BCUT2D eigenvalue weighted by atomic mass is 10.2. The maximum Gasteiger partial charge on any atom is 0.269 e. The zero-order valence-corrected chi connectivity index (χ0v) is 15.9. The molecule has 0 spiro atoms. The summed E-state index contributed by atoms with van der Waals surface area (Å²) in [6.45, 7) is 0.961. The molecule has 0 atom stereocenters. The van der Waals surface area contributed by atoms with Gasteiger partial charge in [0.05, 0.1) is 11.5 Å². The van der Waals surface area contributed by atoms with Crippen LogP contribution in [0.25, 0.3) is 6.08 Å². The number of hydrogen-bond acceptors (Lipinski definition) is 6. The summed E-state index contributed by atoms with van der Waals surface area (Å²) in [6, 6.07) is 12.9. The highest BCUT2D eigenvalue weighted by Crippen LogP contribution is 2.15. The van der Waals surface area contributed by atoms with E-state index in [9.17, 15) is 14.9 Å². The highest BCUT2D eigenvalue weighted by atomic mass is 32.1. The van der Waals surface area contributed by atoms with Crippen molar-refractivity contribution in [3.05, 3.63) is 70.3 Å². The van der Waals surface area contributed by atoms with Crippen LogP contribution in [0.15, 0.2) is 54.6 Å². The molecule has 146 valence electrons. The SMILES string of the molecule is COCCOc1ccc(NC(=S)NC(=O)/C=C/c2ccc([N+](=O)[O-])cc2)cc1. The molecule has 0 saturated heterocycles. The molecule has 0 aliphatic rings.